The fourth-order valence-corrected chi connectivity index (χ4v) is 5.53. The molecule has 11 heteroatoms. The molecule has 0 amide bonds. The first-order valence-electron chi connectivity index (χ1n) is 10.7. The van der Waals surface area contributed by atoms with E-state index in [0.717, 1.165) is 55.9 Å². The maximum Gasteiger partial charge on any atom is 0.227 e. The van der Waals surface area contributed by atoms with Gasteiger partial charge in [0.15, 0.2) is 0 Å². The Morgan fingerprint density at radius 1 is 0.844 bits per heavy atom. The van der Waals surface area contributed by atoms with Crippen molar-refractivity contribution in [3.63, 3.8) is 0 Å². The minimum Gasteiger partial charge on any atom is -0.354 e. The highest BCUT2D eigenvalue weighted by Gasteiger charge is 2.29. The molecule has 2 aliphatic heterocycles. The van der Waals surface area contributed by atoms with Crippen molar-refractivity contribution < 1.29 is 17.2 Å². The number of aryl methyl sites for hydroxylation is 1. The van der Waals surface area contributed by atoms with E-state index in [9.17, 15) is 17.2 Å². The third-order valence-corrected chi connectivity index (χ3v) is 7.69. The lowest BCUT2D eigenvalue weighted by molar-refractivity contribution is 0.312. The molecule has 0 bridgehead atoms. The van der Waals surface area contributed by atoms with E-state index in [1.54, 1.807) is 0 Å². The van der Waals surface area contributed by atoms with Crippen LogP contribution in [0.15, 0.2) is 24.3 Å². The molecule has 0 spiro atoms. The second-order valence-electron chi connectivity index (χ2n) is 8.38. The molecule has 8 nitrogen and oxygen atoms in total. The summed E-state index contributed by atoms with van der Waals surface area (Å²) >= 11 is 0. The molecule has 0 radical (unpaired) electrons. The molecule has 0 atom stereocenters. The number of hydrogen-bond donors (Lipinski definition) is 0. The van der Waals surface area contributed by atoms with E-state index in [1.165, 1.54) is 4.31 Å². The van der Waals surface area contributed by atoms with Gasteiger partial charge in [0.25, 0.3) is 0 Å². The van der Waals surface area contributed by atoms with Gasteiger partial charge in [-0.3, -0.25) is 0 Å². The lowest BCUT2D eigenvalue weighted by Gasteiger charge is -2.36. The molecule has 4 rings (SSSR count). The molecule has 2 aromatic rings. The summed E-state index contributed by atoms with van der Waals surface area (Å²) in [4.78, 5) is 15.8. The van der Waals surface area contributed by atoms with Crippen LogP contribution in [0.2, 0.25) is 0 Å². The van der Waals surface area contributed by atoms with E-state index >= 15 is 0 Å². The minimum absolute atomic E-state index is 0.101. The van der Waals surface area contributed by atoms with Gasteiger partial charge in [0.2, 0.25) is 16.0 Å². The molecular formula is C21H28F2N6O2S. The third-order valence-electron chi connectivity index (χ3n) is 5.84. The van der Waals surface area contributed by atoms with Crippen LogP contribution in [-0.4, -0.2) is 87.0 Å². The third kappa shape index (κ3) is 5.33. The maximum absolute atomic E-state index is 13.4. The molecule has 2 saturated heterocycles. The van der Waals surface area contributed by atoms with Crippen molar-refractivity contribution in [3.05, 3.63) is 47.2 Å². The normalized spacial score (nSPS) is 18.9. The quantitative estimate of drug-likeness (QED) is 0.661. The molecule has 0 N–H and O–H groups in total. The van der Waals surface area contributed by atoms with Crippen molar-refractivity contribution in [2.75, 3.05) is 69.2 Å². The predicted octanol–water partition coefficient (Wildman–Crippen LogP) is 1.47. The molecule has 32 heavy (non-hydrogen) atoms. The standard InChI is InChI=1S/C21H28F2N6O2S/c1-16-11-20(27-5-3-26(2)4-6-27)25-21(24-16)28-7-9-29(10-8-28)32(30,31)15-17-12-18(22)14-19(23)13-17/h11-14H,3-10,15H2,1-2H3. The van der Waals surface area contributed by atoms with Crippen LogP contribution in [0.5, 0.6) is 0 Å². The molecule has 0 aliphatic carbocycles. The summed E-state index contributed by atoms with van der Waals surface area (Å²) in [6.07, 6.45) is 0. The van der Waals surface area contributed by atoms with Crippen LogP contribution in [0.25, 0.3) is 0 Å². The van der Waals surface area contributed by atoms with Crippen LogP contribution in [0.3, 0.4) is 0 Å². The number of rotatable bonds is 5. The highest BCUT2D eigenvalue weighted by atomic mass is 32.2. The van der Waals surface area contributed by atoms with Crippen molar-refractivity contribution in [1.82, 2.24) is 19.2 Å². The first-order valence-corrected chi connectivity index (χ1v) is 12.3. The average molecular weight is 467 g/mol. The fourth-order valence-electron chi connectivity index (χ4n) is 4.04. The summed E-state index contributed by atoms with van der Waals surface area (Å²) in [6.45, 7) is 7.11. The maximum atomic E-state index is 13.4. The zero-order valence-corrected chi connectivity index (χ0v) is 19.2. The largest absolute Gasteiger partial charge is 0.354 e. The topological polar surface area (TPSA) is 72.9 Å². The van der Waals surface area contributed by atoms with Crippen LogP contribution < -0.4 is 9.80 Å². The van der Waals surface area contributed by atoms with Crippen molar-refractivity contribution in [3.8, 4) is 0 Å². The van der Waals surface area contributed by atoms with Gasteiger partial charge in [0, 0.05) is 70.2 Å². The predicted molar refractivity (Wildman–Crippen MR) is 119 cm³/mol. The Hall–Kier alpha value is -2.37. The van der Waals surface area contributed by atoms with E-state index in [4.69, 9.17) is 4.98 Å². The Bertz CT molecular complexity index is 1050. The zero-order chi connectivity index (χ0) is 22.9. The number of piperazine rings is 2. The number of anilines is 2. The number of likely N-dealkylation sites (N-methyl/N-ethyl adjacent to an activating group) is 1. The first kappa shape index (κ1) is 22.8. The van der Waals surface area contributed by atoms with E-state index in [0.29, 0.717) is 19.0 Å². The molecule has 0 saturated carbocycles. The van der Waals surface area contributed by atoms with Gasteiger partial charge in [0.05, 0.1) is 5.75 Å². The van der Waals surface area contributed by atoms with Gasteiger partial charge < -0.3 is 14.7 Å². The molecular weight excluding hydrogens is 438 g/mol. The van der Waals surface area contributed by atoms with E-state index < -0.39 is 27.4 Å². The first-order chi connectivity index (χ1) is 15.2. The van der Waals surface area contributed by atoms with Gasteiger partial charge in [0.1, 0.15) is 17.5 Å². The smallest absolute Gasteiger partial charge is 0.227 e. The Balaban J connectivity index is 1.42. The van der Waals surface area contributed by atoms with Gasteiger partial charge >= 0.3 is 0 Å². The molecule has 2 fully saturated rings. The molecule has 1 aromatic heterocycles. The number of hydrogen-bond acceptors (Lipinski definition) is 7. The van der Waals surface area contributed by atoms with Crippen molar-refractivity contribution in [2.24, 2.45) is 0 Å². The van der Waals surface area contributed by atoms with Gasteiger partial charge in [-0.15, -0.1) is 0 Å². The summed E-state index contributed by atoms with van der Waals surface area (Å²) in [5.74, 6) is -0.511. The second-order valence-corrected chi connectivity index (χ2v) is 10.3. The number of nitrogens with zero attached hydrogens (tertiary/aromatic N) is 6. The van der Waals surface area contributed by atoms with E-state index in [2.05, 4.69) is 21.8 Å². The Morgan fingerprint density at radius 2 is 1.44 bits per heavy atom. The van der Waals surface area contributed by atoms with Crippen LogP contribution in [0.1, 0.15) is 11.3 Å². The lowest BCUT2D eigenvalue weighted by Crippen LogP contribution is -2.49. The number of sulfonamides is 1. The summed E-state index contributed by atoms with van der Waals surface area (Å²) in [6, 6.07) is 4.81. The number of benzene rings is 1. The molecule has 3 heterocycles. The molecule has 1 aromatic carbocycles. The van der Waals surface area contributed by atoms with Crippen LogP contribution >= 0.6 is 0 Å². The minimum atomic E-state index is -3.69. The molecule has 0 unspecified atom stereocenters. The van der Waals surface area contributed by atoms with Gasteiger partial charge in [-0.1, -0.05) is 0 Å². The lowest BCUT2D eigenvalue weighted by atomic mass is 10.2. The number of halogens is 2. The Labute approximate surface area is 187 Å². The Kier molecular flexibility index (Phi) is 6.59. The SMILES string of the molecule is Cc1cc(N2CCN(C)CC2)nc(N2CCN(S(=O)(=O)Cc3cc(F)cc(F)c3)CC2)n1. The highest BCUT2D eigenvalue weighted by Crippen LogP contribution is 2.21. The second kappa shape index (κ2) is 9.24. The zero-order valence-electron chi connectivity index (χ0n) is 18.3. The average Bonchev–Trinajstić information content (AvgIpc) is 2.73. The van der Waals surface area contributed by atoms with Gasteiger partial charge in [-0.25, -0.2) is 22.2 Å². The summed E-state index contributed by atoms with van der Waals surface area (Å²) in [7, 11) is -1.59. The van der Waals surface area contributed by atoms with Crippen LogP contribution in [-0.2, 0) is 15.8 Å². The van der Waals surface area contributed by atoms with Gasteiger partial charge in [-0.2, -0.15) is 9.29 Å². The summed E-state index contributed by atoms with van der Waals surface area (Å²) in [5.41, 5.74) is 0.968. The summed E-state index contributed by atoms with van der Waals surface area (Å²) < 4.78 is 53.8. The van der Waals surface area contributed by atoms with Crippen molar-refractivity contribution in [1.29, 1.82) is 0 Å². The van der Waals surface area contributed by atoms with Gasteiger partial charge in [-0.05, 0) is 31.7 Å². The van der Waals surface area contributed by atoms with Crippen LogP contribution in [0, 0.1) is 18.6 Å². The van der Waals surface area contributed by atoms with Crippen molar-refractivity contribution >= 4 is 21.8 Å². The highest BCUT2D eigenvalue weighted by molar-refractivity contribution is 7.88. The fraction of sp³-hybridized carbons (Fsp3) is 0.524. The molecule has 2 aliphatic rings. The number of aromatic nitrogens is 2. The van der Waals surface area contributed by atoms with Crippen LogP contribution in [0.4, 0.5) is 20.5 Å². The monoisotopic (exact) mass is 466 g/mol. The van der Waals surface area contributed by atoms with E-state index in [-0.39, 0.29) is 18.7 Å². The van der Waals surface area contributed by atoms with E-state index in [1.807, 2.05) is 17.9 Å². The molecule has 174 valence electrons. The Morgan fingerprint density at radius 3 is 2.06 bits per heavy atom. The van der Waals surface area contributed by atoms with Crippen molar-refractivity contribution in [2.45, 2.75) is 12.7 Å². The summed E-state index contributed by atoms with van der Waals surface area (Å²) in [5, 5.41) is 0.